The largest absolute Gasteiger partial charge is 0.351 e. The Labute approximate surface area is 139 Å². The SMILES string of the molecule is NC1CCC(Nc2nccc(-n3ccc4c(F)cccc43)n2)CC1. The van der Waals surface area contributed by atoms with Crippen LogP contribution in [0.15, 0.2) is 42.7 Å². The van der Waals surface area contributed by atoms with Gasteiger partial charge in [-0.25, -0.2) is 9.37 Å². The zero-order chi connectivity index (χ0) is 16.5. The van der Waals surface area contributed by atoms with Crippen molar-refractivity contribution in [2.45, 2.75) is 37.8 Å². The van der Waals surface area contributed by atoms with Crippen molar-refractivity contribution < 1.29 is 4.39 Å². The smallest absolute Gasteiger partial charge is 0.224 e. The van der Waals surface area contributed by atoms with Crippen molar-refractivity contribution in [3.63, 3.8) is 0 Å². The minimum atomic E-state index is -0.225. The van der Waals surface area contributed by atoms with Crippen LogP contribution in [0.4, 0.5) is 10.3 Å². The number of nitrogens with one attached hydrogen (secondary N) is 1. The maximum absolute atomic E-state index is 13.9. The molecule has 0 radical (unpaired) electrons. The van der Waals surface area contributed by atoms with Crippen LogP contribution in [0.2, 0.25) is 0 Å². The third kappa shape index (κ3) is 2.85. The standard InChI is InChI=1S/C18H20FN5/c19-15-2-1-3-16-14(15)9-11-24(16)17-8-10-21-18(23-17)22-13-6-4-12(20)5-7-13/h1-3,8-13H,4-7,20H2,(H,21,22,23). The third-order valence-electron chi connectivity index (χ3n) is 4.67. The molecule has 1 aliphatic rings. The first-order valence-electron chi connectivity index (χ1n) is 8.32. The van der Waals surface area contributed by atoms with E-state index in [0.29, 0.717) is 23.4 Å². The Morgan fingerprint density at radius 3 is 2.79 bits per heavy atom. The summed E-state index contributed by atoms with van der Waals surface area (Å²) in [5.41, 5.74) is 6.75. The predicted octanol–water partition coefficient (Wildman–Crippen LogP) is 3.24. The Hall–Kier alpha value is -2.47. The molecule has 0 unspecified atom stereocenters. The molecule has 1 aromatic carbocycles. The summed E-state index contributed by atoms with van der Waals surface area (Å²) in [6.45, 7) is 0. The highest BCUT2D eigenvalue weighted by Gasteiger charge is 2.19. The summed E-state index contributed by atoms with van der Waals surface area (Å²) in [6, 6.07) is 9.33. The van der Waals surface area contributed by atoms with E-state index in [9.17, 15) is 4.39 Å². The quantitative estimate of drug-likeness (QED) is 0.776. The summed E-state index contributed by atoms with van der Waals surface area (Å²) in [4.78, 5) is 8.91. The molecular formula is C18H20FN5. The molecular weight excluding hydrogens is 305 g/mol. The summed E-state index contributed by atoms with van der Waals surface area (Å²) in [6.07, 6.45) is 7.68. The van der Waals surface area contributed by atoms with Gasteiger partial charge >= 0.3 is 0 Å². The van der Waals surface area contributed by atoms with Gasteiger partial charge in [-0.1, -0.05) is 6.07 Å². The first-order chi connectivity index (χ1) is 11.7. The monoisotopic (exact) mass is 325 g/mol. The molecule has 2 aromatic heterocycles. The van der Waals surface area contributed by atoms with Crippen LogP contribution in [0.25, 0.3) is 16.7 Å². The normalized spacial score (nSPS) is 21.1. The Balaban J connectivity index is 1.61. The van der Waals surface area contributed by atoms with Crippen LogP contribution in [0.1, 0.15) is 25.7 Å². The topological polar surface area (TPSA) is 68.8 Å². The molecule has 1 aliphatic carbocycles. The van der Waals surface area contributed by atoms with E-state index < -0.39 is 0 Å². The van der Waals surface area contributed by atoms with Crippen LogP contribution in [0.5, 0.6) is 0 Å². The average Bonchev–Trinajstić information content (AvgIpc) is 3.03. The molecule has 6 heteroatoms. The molecule has 0 spiro atoms. The van der Waals surface area contributed by atoms with Crippen LogP contribution in [-0.2, 0) is 0 Å². The van der Waals surface area contributed by atoms with Crippen molar-refractivity contribution >= 4 is 16.9 Å². The number of fused-ring (bicyclic) bond motifs is 1. The maximum Gasteiger partial charge on any atom is 0.224 e. The van der Waals surface area contributed by atoms with E-state index in [-0.39, 0.29) is 5.82 Å². The fraction of sp³-hybridized carbons (Fsp3) is 0.333. The number of nitrogens with zero attached hydrogens (tertiary/aromatic N) is 3. The van der Waals surface area contributed by atoms with Crippen molar-refractivity contribution in [1.29, 1.82) is 0 Å². The van der Waals surface area contributed by atoms with Crippen LogP contribution in [0.3, 0.4) is 0 Å². The summed E-state index contributed by atoms with van der Waals surface area (Å²) in [5.74, 6) is 1.10. The number of benzene rings is 1. The van der Waals surface area contributed by atoms with Crippen molar-refractivity contribution in [2.75, 3.05) is 5.32 Å². The Bertz CT molecular complexity index is 851. The number of hydrogen-bond donors (Lipinski definition) is 2. The Morgan fingerprint density at radius 2 is 1.96 bits per heavy atom. The minimum Gasteiger partial charge on any atom is -0.351 e. The average molecular weight is 325 g/mol. The molecule has 0 amide bonds. The molecule has 2 heterocycles. The second-order valence-corrected chi connectivity index (χ2v) is 6.35. The molecule has 0 aliphatic heterocycles. The van der Waals surface area contributed by atoms with E-state index in [1.54, 1.807) is 18.3 Å². The lowest BCUT2D eigenvalue weighted by Gasteiger charge is -2.26. The van der Waals surface area contributed by atoms with Gasteiger partial charge in [-0.2, -0.15) is 4.98 Å². The fourth-order valence-corrected chi connectivity index (χ4v) is 3.33. The summed E-state index contributed by atoms with van der Waals surface area (Å²) in [7, 11) is 0. The minimum absolute atomic E-state index is 0.225. The summed E-state index contributed by atoms with van der Waals surface area (Å²) >= 11 is 0. The molecule has 1 fully saturated rings. The van der Waals surface area contributed by atoms with Crippen LogP contribution < -0.4 is 11.1 Å². The first-order valence-corrected chi connectivity index (χ1v) is 8.32. The summed E-state index contributed by atoms with van der Waals surface area (Å²) in [5, 5.41) is 3.99. The highest BCUT2D eigenvalue weighted by atomic mass is 19.1. The second-order valence-electron chi connectivity index (χ2n) is 6.35. The number of nitrogens with two attached hydrogens (primary N) is 1. The number of rotatable bonds is 3. The van der Waals surface area contributed by atoms with Crippen LogP contribution >= 0.6 is 0 Å². The van der Waals surface area contributed by atoms with Gasteiger partial charge in [-0.05, 0) is 49.9 Å². The zero-order valence-electron chi connectivity index (χ0n) is 13.3. The van der Waals surface area contributed by atoms with E-state index in [4.69, 9.17) is 5.73 Å². The first kappa shape index (κ1) is 15.1. The second kappa shape index (κ2) is 6.20. The van der Waals surface area contributed by atoms with Gasteiger partial charge in [0.1, 0.15) is 11.6 Å². The van der Waals surface area contributed by atoms with Gasteiger partial charge in [-0.3, -0.25) is 0 Å². The van der Waals surface area contributed by atoms with Crippen molar-refractivity contribution in [3.05, 3.63) is 48.5 Å². The van der Waals surface area contributed by atoms with Crippen molar-refractivity contribution in [1.82, 2.24) is 14.5 Å². The number of hydrogen-bond acceptors (Lipinski definition) is 4. The van der Waals surface area contributed by atoms with Gasteiger partial charge in [0.2, 0.25) is 5.95 Å². The number of halogens is 1. The predicted molar refractivity (Wildman–Crippen MR) is 92.7 cm³/mol. The summed E-state index contributed by atoms with van der Waals surface area (Å²) < 4.78 is 15.7. The third-order valence-corrected chi connectivity index (χ3v) is 4.67. The van der Waals surface area contributed by atoms with Gasteiger partial charge in [0.15, 0.2) is 0 Å². The molecule has 0 saturated heterocycles. The zero-order valence-corrected chi connectivity index (χ0v) is 13.3. The lowest BCUT2D eigenvalue weighted by molar-refractivity contribution is 0.410. The van der Waals surface area contributed by atoms with Crippen LogP contribution in [-0.4, -0.2) is 26.6 Å². The van der Waals surface area contributed by atoms with Gasteiger partial charge in [0.25, 0.3) is 0 Å². The van der Waals surface area contributed by atoms with Gasteiger partial charge < -0.3 is 15.6 Å². The van der Waals surface area contributed by atoms with E-state index >= 15 is 0 Å². The lowest BCUT2D eigenvalue weighted by atomic mass is 9.92. The molecule has 3 aromatic rings. The molecule has 124 valence electrons. The van der Waals surface area contributed by atoms with E-state index in [0.717, 1.165) is 37.0 Å². The molecule has 0 atom stereocenters. The van der Waals surface area contributed by atoms with Crippen LogP contribution in [0, 0.1) is 5.82 Å². The maximum atomic E-state index is 13.9. The Morgan fingerprint density at radius 1 is 1.12 bits per heavy atom. The lowest BCUT2D eigenvalue weighted by Crippen LogP contribution is -2.33. The van der Waals surface area contributed by atoms with E-state index in [1.807, 2.05) is 22.9 Å². The molecule has 5 nitrogen and oxygen atoms in total. The van der Waals surface area contributed by atoms with Crippen molar-refractivity contribution in [2.24, 2.45) is 5.73 Å². The Kier molecular flexibility index (Phi) is 3.90. The van der Waals surface area contributed by atoms with Gasteiger partial charge in [0, 0.05) is 29.9 Å². The number of anilines is 1. The molecule has 1 saturated carbocycles. The van der Waals surface area contributed by atoms with Crippen molar-refractivity contribution in [3.8, 4) is 5.82 Å². The molecule has 24 heavy (non-hydrogen) atoms. The highest BCUT2D eigenvalue weighted by Crippen LogP contribution is 2.23. The molecule has 4 rings (SSSR count). The number of aromatic nitrogens is 3. The van der Waals surface area contributed by atoms with Gasteiger partial charge in [0.05, 0.1) is 5.52 Å². The highest BCUT2D eigenvalue weighted by molar-refractivity contribution is 5.82. The van der Waals surface area contributed by atoms with E-state index in [1.165, 1.54) is 6.07 Å². The molecule has 0 bridgehead atoms. The van der Waals surface area contributed by atoms with Gasteiger partial charge in [-0.15, -0.1) is 0 Å². The van der Waals surface area contributed by atoms with E-state index in [2.05, 4.69) is 15.3 Å². The fourth-order valence-electron chi connectivity index (χ4n) is 3.33. The molecule has 3 N–H and O–H groups in total.